The van der Waals surface area contributed by atoms with Gasteiger partial charge in [0.05, 0.1) is 5.02 Å². The second kappa shape index (κ2) is 5.64. The highest BCUT2D eigenvalue weighted by molar-refractivity contribution is 6.36. The molecule has 0 saturated heterocycles. The fourth-order valence-electron chi connectivity index (χ4n) is 1.74. The second-order valence-corrected chi connectivity index (χ2v) is 5.24. The average molecular weight is 294 g/mol. The summed E-state index contributed by atoms with van der Waals surface area (Å²) in [5, 5.41) is 0.906. The maximum Gasteiger partial charge on any atom is 0.194 e. The first kappa shape index (κ1) is 13.9. The molecular weight excluding hydrogens is 281 g/mol. The molecule has 0 bridgehead atoms. The SMILES string of the molecule is CN(C)c1ccc(C(=O)c2cc(Cl)ccc2Cl)cc1. The van der Waals surface area contributed by atoms with E-state index in [4.69, 9.17) is 23.2 Å². The number of carbonyl (C=O) groups excluding carboxylic acids is 1. The normalized spacial score (nSPS) is 10.3. The molecule has 0 aliphatic heterocycles. The molecule has 2 aromatic carbocycles. The van der Waals surface area contributed by atoms with Gasteiger partial charge in [0.2, 0.25) is 0 Å². The molecular formula is C15H13Cl2NO. The lowest BCUT2D eigenvalue weighted by Crippen LogP contribution is -2.09. The fraction of sp³-hybridized carbons (Fsp3) is 0.133. The Labute approximate surface area is 122 Å². The molecule has 2 nitrogen and oxygen atoms in total. The molecule has 0 atom stereocenters. The summed E-state index contributed by atoms with van der Waals surface area (Å²) in [6, 6.07) is 12.2. The largest absolute Gasteiger partial charge is 0.378 e. The highest BCUT2D eigenvalue weighted by atomic mass is 35.5. The molecule has 2 rings (SSSR count). The van der Waals surface area contributed by atoms with Crippen molar-refractivity contribution >= 4 is 34.7 Å². The van der Waals surface area contributed by atoms with Gasteiger partial charge in [0.15, 0.2) is 5.78 Å². The number of hydrogen-bond donors (Lipinski definition) is 0. The minimum absolute atomic E-state index is 0.127. The lowest BCUT2D eigenvalue weighted by Gasteiger charge is -2.12. The van der Waals surface area contributed by atoms with Crippen LogP contribution in [0.2, 0.25) is 10.0 Å². The van der Waals surface area contributed by atoms with E-state index in [1.807, 2.05) is 31.1 Å². The summed E-state index contributed by atoms with van der Waals surface area (Å²) in [5.74, 6) is -0.127. The van der Waals surface area contributed by atoms with Crippen LogP contribution in [-0.4, -0.2) is 19.9 Å². The van der Waals surface area contributed by atoms with Crippen molar-refractivity contribution in [3.05, 3.63) is 63.6 Å². The number of halogens is 2. The number of ketones is 1. The number of anilines is 1. The van der Waals surface area contributed by atoms with E-state index in [2.05, 4.69) is 0 Å². The lowest BCUT2D eigenvalue weighted by atomic mass is 10.0. The monoisotopic (exact) mass is 293 g/mol. The van der Waals surface area contributed by atoms with Gasteiger partial charge >= 0.3 is 0 Å². The van der Waals surface area contributed by atoms with Gasteiger partial charge in [-0.15, -0.1) is 0 Å². The van der Waals surface area contributed by atoms with E-state index in [1.165, 1.54) is 0 Å². The quantitative estimate of drug-likeness (QED) is 0.787. The van der Waals surface area contributed by atoms with E-state index < -0.39 is 0 Å². The Balaban J connectivity index is 2.36. The summed E-state index contributed by atoms with van der Waals surface area (Å²) < 4.78 is 0. The summed E-state index contributed by atoms with van der Waals surface area (Å²) in [4.78, 5) is 14.3. The van der Waals surface area contributed by atoms with Gasteiger partial charge in [0.25, 0.3) is 0 Å². The smallest absolute Gasteiger partial charge is 0.194 e. The molecule has 0 amide bonds. The van der Waals surface area contributed by atoms with Crippen LogP contribution in [0.25, 0.3) is 0 Å². The zero-order valence-electron chi connectivity index (χ0n) is 10.7. The van der Waals surface area contributed by atoms with Crippen molar-refractivity contribution in [2.24, 2.45) is 0 Å². The number of benzene rings is 2. The summed E-state index contributed by atoms with van der Waals surface area (Å²) >= 11 is 11.9. The Kier molecular flexibility index (Phi) is 4.13. The first-order valence-corrected chi connectivity index (χ1v) is 6.52. The maximum atomic E-state index is 12.3. The Morgan fingerprint density at radius 1 is 1.00 bits per heavy atom. The third-order valence-electron chi connectivity index (χ3n) is 2.82. The summed E-state index contributed by atoms with van der Waals surface area (Å²) in [7, 11) is 3.90. The molecule has 19 heavy (non-hydrogen) atoms. The van der Waals surface area contributed by atoms with Crippen LogP contribution in [0.15, 0.2) is 42.5 Å². The van der Waals surface area contributed by atoms with Crippen molar-refractivity contribution in [3.63, 3.8) is 0 Å². The predicted octanol–water partition coefficient (Wildman–Crippen LogP) is 4.29. The standard InChI is InChI=1S/C15H13Cl2NO/c1-18(2)12-6-3-10(4-7-12)15(19)13-9-11(16)5-8-14(13)17/h3-9H,1-2H3. The molecule has 0 aliphatic rings. The minimum atomic E-state index is -0.127. The zero-order chi connectivity index (χ0) is 14.0. The van der Waals surface area contributed by atoms with Crippen LogP contribution in [-0.2, 0) is 0 Å². The molecule has 0 heterocycles. The topological polar surface area (TPSA) is 20.3 Å². The van der Waals surface area contributed by atoms with Crippen LogP contribution in [0.5, 0.6) is 0 Å². The van der Waals surface area contributed by atoms with E-state index in [0.29, 0.717) is 21.2 Å². The Bertz CT molecular complexity index is 606. The van der Waals surface area contributed by atoms with E-state index >= 15 is 0 Å². The van der Waals surface area contributed by atoms with Crippen LogP contribution in [0, 0.1) is 0 Å². The number of rotatable bonds is 3. The third-order valence-corrected chi connectivity index (χ3v) is 3.38. The summed E-state index contributed by atoms with van der Waals surface area (Å²) in [6.45, 7) is 0. The summed E-state index contributed by atoms with van der Waals surface area (Å²) in [6.07, 6.45) is 0. The Morgan fingerprint density at radius 3 is 2.21 bits per heavy atom. The maximum absolute atomic E-state index is 12.3. The molecule has 4 heteroatoms. The molecule has 0 saturated carbocycles. The van der Waals surface area contributed by atoms with E-state index in [-0.39, 0.29) is 5.78 Å². The number of carbonyl (C=O) groups is 1. The van der Waals surface area contributed by atoms with Crippen molar-refractivity contribution < 1.29 is 4.79 Å². The molecule has 0 radical (unpaired) electrons. The van der Waals surface area contributed by atoms with Crippen LogP contribution < -0.4 is 4.90 Å². The molecule has 98 valence electrons. The van der Waals surface area contributed by atoms with Gasteiger partial charge in [-0.25, -0.2) is 0 Å². The Hall–Kier alpha value is -1.51. The zero-order valence-corrected chi connectivity index (χ0v) is 12.2. The van der Waals surface area contributed by atoms with Gasteiger partial charge in [-0.3, -0.25) is 4.79 Å². The molecule has 0 unspecified atom stereocenters. The van der Waals surface area contributed by atoms with Crippen LogP contribution in [0.1, 0.15) is 15.9 Å². The number of hydrogen-bond acceptors (Lipinski definition) is 2. The molecule has 0 N–H and O–H groups in total. The number of nitrogens with zero attached hydrogens (tertiary/aromatic N) is 1. The van der Waals surface area contributed by atoms with Gasteiger partial charge in [-0.2, -0.15) is 0 Å². The van der Waals surface area contributed by atoms with E-state index in [1.54, 1.807) is 30.3 Å². The molecule has 0 aromatic heterocycles. The first-order chi connectivity index (χ1) is 8.99. The van der Waals surface area contributed by atoms with Gasteiger partial charge < -0.3 is 4.90 Å². The van der Waals surface area contributed by atoms with E-state index in [0.717, 1.165) is 5.69 Å². The van der Waals surface area contributed by atoms with Gasteiger partial charge in [-0.1, -0.05) is 23.2 Å². The first-order valence-electron chi connectivity index (χ1n) is 5.76. The fourth-order valence-corrected chi connectivity index (χ4v) is 2.11. The summed E-state index contributed by atoms with van der Waals surface area (Å²) in [5.41, 5.74) is 2.05. The van der Waals surface area contributed by atoms with Crippen molar-refractivity contribution in [2.45, 2.75) is 0 Å². The highest BCUT2D eigenvalue weighted by Crippen LogP contribution is 2.24. The van der Waals surface area contributed by atoms with Crippen molar-refractivity contribution in [1.82, 2.24) is 0 Å². The second-order valence-electron chi connectivity index (χ2n) is 4.39. The third kappa shape index (κ3) is 3.09. The molecule has 0 spiro atoms. The van der Waals surface area contributed by atoms with Crippen LogP contribution in [0.3, 0.4) is 0 Å². The van der Waals surface area contributed by atoms with Crippen molar-refractivity contribution in [3.8, 4) is 0 Å². The molecule has 2 aromatic rings. The highest BCUT2D eigenvalue weighted by Gasteiger charge is 2.13. The van der Waals surface area contributed by atoms with Crippen LogP contribution in [0.4, 0.5) is 5.69 Å². The Morgan fingerprint density at radius 2 is 1.63 bits per heavy atom. The van der Waals surface area contributed by atoms with Gasteiger partial charge in [0.1, 0.15) is 0 Å². The van der Waals surface area contributed by atoms with Gasteiger partial charge in [0, 0.05) is 35.9 Å². The molecule has 0 aliphatic carbocycles. The molecule has 0 fully saturated rings. The van der Waals surface area contributed by atoms with Gasteiger partial charge in [-0.05, 0) is 42.5 Å². The van der Waals surface area contributed by atoms with Crippen LogP contribution >= 0.6 is 23.2 Å². The average Bonchev–Trinajstić information content (AvgIpc) is 2.41. The minimum Gasteiger partial charge on any atom is -0.378 e. The van der Waals surface area contributed by atoms with Crippen molar-refractivity contribution in [2.75, 3.05) is 19.0 Å². The predicted molar refractivity (Wildman–Crippen MR) is 80.7 cm³/mol. The van der Waals surface area contributed by atoms with Crippen molar-refractivity contribution in [1.29, 1.82) is 0 Å². The lowest BCUT2D eigenvalue weighted by molar-refractivity contribution is 0.103. The van der Waals surface area contributed by atoms with E-state index in [9.17, 15) is 4.79 Å².